The summed E-state index contributed by atoms with van der Waals surface area (Å²) >= 11 is 0. The van der Waals surface area contributed by atoms with Crippen LogP contribution in [0.15, 0.2) is 48.5 Å². The number of phenols is 1. The number of benzene rings is 2. The van der Waals surface area contributed by atoms with E-state index in [9.17, 15) is 18.3 Å². The van der Waals surface area contributed by atoms with Crippen LogP contribution in [0.25, 0.3) is 0 Å². The van der Waals surface area contributed by atoms with Crippen molar-refractivity contribution < 1.29 is 22.9 Å². The smallest absolute Gasteiger partial charge is 0.261 e. The third-order valence-electron chi connectivity index (χ3n) is 2.59. The van der Waals surface area contributed by atoms with Gasteiger partial charge in [0.1, 0.15) is 11.6 Å². The topological polar surface area (TPSA) is 142 Å². The molecular formula is C15H16N2O5S. The molecule has 7 nitrogen and oxygen atoms in total. The van der Waals surface area contributed by atoms with Crippen LogP contribution in [0.2, 0.25) is 0 Å². The highest BCUT2D eigenvalue weighted by Crippen LogP contribution is 2.21. The number of phenolic OH excluding ortho intramolecular Hbond substituents is 1. The van der Waals surface area contributed by atoms with E-state index < -0.39 is 10.1 Å². The number of nitrogens with two attached hydrogens (primary N) is 1. The van der Waals surface area contributed by atoms with Crippen LogP contribution >= 0.6 is 0 Å². The van der Waals surface area contributed by atoms with Gasteiger partial charge in [0.25, 0.3) is 10.1 Å². The predicted molar refractivity (Wildman–Crippen MR) is 86.5 cm³/mol. The molecule has 0 bridgehead atoms. The molecule has 2 aromatic carbocycles. The van der Waals surface area contributed by atoms with Crippen molar-refractivity contribution in [3.05, 3.63) is 65.2 Å². The number of hydrogen-bond donors (Lipinski definition) is 4. The van der Waals surface area contributed by atoms with Gasteiger partial charge in [-0.2, -0.15) is 8.42 Å². The molecule has 0 aliphatic heterocycles. The summed E-state index contributed by atoms with van der Waals surface area (Å²) in [6.07, 6.45) is 0.715. The molecule has 0 saturated heterocycles. The van der Waals surface area contributed by atoms with E-state index in [4.69, 9.17) is 15.7 Å². The highest BCUT2D eigenvalue weighted by atomic mass is 32.2. The molecule has 0 unspecified atom stereocenters. The number of nitrogen functional groups attached to an aromatic ring is 1. The summed E-state index contributed by atoms with van der Waals surface area (Å²) in [6, 6.07) is 12.9. The molecule has 0 amide bonds. The number of nitrogens with one attached hydrogen (secondary N) is 1. The molecule has 2 aromatic rings. The van der Waals surface area contributed by atoms with Crippen molar-refractivity contribution in [2.75, 3.05) is 6.26 Å². The summed E-state index contributed by atoms with van der Waals surface area (Å²) < 4.78 is 25.9. The molecule has 0 aliphatic rings. The Morgan fingerprint density at radius 3 is 2.09 bits per heavy atom. The third-order valence-corrected chi connectivity index (χ3v) is 2.59. The summed E-state index contributed by atoms with van der Waals surface area (Å²) in [5, 5.41) is 17.0. The maximum Gasteiger partial charge on any atom is 0.261 e. The quantitative estimate of drug-likeness (QED) is 0.289. The van der Waals surface area contributed by atoms with Crippen LogP contribution < -0.4 is 5.73 Å². The van der Waals surface area contributed by atoms with Gasteiger partial charge in [-0.25, -0.2) is 0 Å². The number of carbonyl (C=O) groups excluding carboxylic acids is 1. The number of amidine groups is 1. The van der Waals surface area contributed by atoms with Crippen LogP contribution in [0, 0.1) is 5.41 Å². The standard InChI is InChI=1S/C14H12N2O2.CH4O3S/c15-14(16)10-6-7-12(17)11(8-10)13(18)9-4-2-1-3-5-9;1-5(2,3)4/h1-8,17H,(H3,15,16);1H3,(H,2,3,4). The van der Waals surface area contributed by atoms with Crippen LogP contribution in [-0.4, -0.2) is 36.0 Å². The second-order valence-electron chi connectivity index (χ2n) is 4.57. The normalized spacial score (nSPS) is 10.3. The van der Waals surface area contributed by atoms with E-state index in [1.54, 1.807) is 24.3 Å². The van der Waals surface area contributed by atoms with Gasteiger partial charge in [0.15, 0.2) is 5.78 Å². The largest absolute Gasteiger partial charge is 0.507 e. The summed E-state index contributed by atoms with van der Waals surface area (Å²) in [7, 11) is -3.67. The minimum absolute atomic E-state index is 0.117. The van der Waals surface area contributed by atoms with E-state index in [2.05, 4.69) is 0 Å². The molecule has 0 radical (unpaired) electrons. The monoisotopic (exact) mass is 336 g/mol. The van der Waals surface area contributed by atoms with Crippen LogP contribution in [0.1, 0.15) is 21.5 Å². The van der Waals surface area contributed by atoms with Crippen LogP contribution in [-0.2, 0) is 10.1 Å². The van der Waals surface area contributed by atoms with E-state index in [-0.39, 0.29) is 22.9 Å². The zero-order valence-corrected chi connectivity index (χ0v) is 13.0. The lowest BCUT2D eigenvalue weighted by molar-refractivity contribution is 0.103. The van der Waals surface area contributed by atoms with Crippen molar-refractivity contribution in [2.24, 2.45) is 5.73 Å². The highest BCUT2D eigenvalue weighted by Gasteiger charge is 2.14. The number of hydrogen-bond acceptors (Lipinski definition) is 5. The van der Waals surface area contributed by atoms with Crippen LogP contribution in [0.5, 0.6) is 5.75 Å². The second kappa shape index (κ2) is 7.52. The molecular weight excluding hydrogens is 320 g/mol. The number of rotatable bonds is 3. The van der Waals surface area contributed by atoms with Crippen molar-refractivity contribution in [2.45, 2.75) is 0 Å². The van der Waals surface area contributed by atoms with Crippen LogP contribution in [0.4, 0.5) is 0 Å². The summed E-state index contributed by atoms with van der Waals surface area (Å²) in [5.41, 5.74) is 6.40. The lowest BCUT2D eigenvalue weighted by atomic mass is 10.00. The maximum absolute atomic E-state index is 12.2. The minimum atomic E-state index is -3.67. The van der Waals surface area contributed by atoms with Crippen molar-refractivity contribution in [1.82, 2.24) is 0 Å². The van der Waals surface area contributed by atoms with Gasteiger partial charge >= 0.3 is 0 Å². The first-order valence-electron chi connectivity index (χ1n) is 6.29. The number of ketones is 1. The Hall–Kier alpha value is -2.71. The Morgan fingerprint density at radius 1 is 1.09 bits per heavy atom. The molecule has 0 saturated carbocycles. The zero-order chi connectivity index (χ0) is 17.6. The van der Waals surface area contributed by atoms with Crippen molar-refractivity contribution >= 4 is 21.7 Å². The second-order valence-corrected chi connectivity index (χ2v) is 6.04. The Kier molecular flexibility index (Phi) is 6.00. The Morgan fingerprint density at radius 2 is 1.61 bits per heavy atom. The third kappa shape index (κ3) is 6.29. The molecule has 0 spiro atoms. The molecule has 0 aliphatic carbocycles. The lowest BCUT2D eigenvalue weighted by Crippen LogP contribution is -2.12. The molecule has 0 fully saturated rings. The predicted octanol–water partition coefficient (Wildman–Crippen LogP) is 1.41. The molecule has 0 heterocycles. The van der Waals surface area contributed by atoms with Gasteiger partial charge in [-0.15, -0.1) is 0 Å². The van der Waals surface area contributed by atoms with E-state index >= 15 is 0 Å². The fraction of sp³-hybridized carbons (Fsp3) is 0.0667. The highest BCUT2D eigenvalue weighted by molar-refractivity contribution is 7.85. The Labute approximate surface area is 133 Å². The Balaban J connectivity index is 0.000000463. The van der Waals surface area contributed by atoms with E-state index in [1.807, 2.05) is 6.07 Å². The van der Waals surface area contributed by atoms with Gasteiger partial charge in [0.2, 0.25) is 0 Å². The van der Waals surface area contributed by atoms with Gasteiger partial charge in [0, 0.05) is 11.1 Å². The summed E-state index contributed by atoms with van der Waals surface area (Å²) in [5.74, 6) is -0.554. The number of aromatic hydroxyl groups is 1. The molecule has 0 atom stereocenters. The van der Waals surface area contributed by atoms with Crippen molar-refractivity contribution in [3.63, 3.8) is 0 Å². The Bertz CT molecular complexity index is 809. The maximum atomic E-state index is 12.2. The minimum Gasteiger partial charge on any atom is -0.507 e. The van der Waals surface area contributed by atoms with E-state index in [0.29, 0.717) is 17.4 Å². The molecule has 5 N–H and O–H groups in total. The fourth-order valence-corrected chi connectivity index (χ4v) is 1.63. The first-order valence-corrected chi connectivity index (χ1v) is 8.14. The average molecular weight is 336 g/mol. The van der Waals surface area contributed by atoms with Gasteiger partial charge in [0.05, 0.1) is 11.8 Å². The molecule has 8 heteroatoms. The SMILES string of the molecule is CS(=O)(=O)O.N=C(N)c1ccc(O)c(C(=O)c2ccccc2)c1. The summed E-state index contributed by atoms with van der Waals surface area (Å²) in [6.45, 7) is 0. The van der Waals surface area contributed by atoms with E-state index in [1.165, 1.54) is 18.2 Å². The molecule has 0 aromatic heterocycles. The van der Waals surface area contributed by atoms with Gasteiger partial charge in [-0.1, -0.05) is 30.3 Å². The number of carbonyl (C=O) groups is 1. The first kappa shape index (κ1) is 18.3. The average Bonchev–Trinajstić information content (AvgIpc) is 2.46. The fourth-order valence-electron chi connectivity index (χ4n) is 1.63. The van der Waals surface area contributed by atoms with Gasteiger partial charge < -0.3 is 10.8 Å². The first-order chi connectivity index (χ1) is 10.6. The van der Waals surface area contributed by atoms with E-state index in [0.717, 1.165) is 0 Å². The lowest BCUT2D eigenvalue weighted by Gasteiger charge is -2.06. The molecule has 23 heavy (non-hydrogen) atoms. The molecule has 122 valence electrons. The van der Waals surface area contributed by atoms with Crippen molar-refractivity contribution in [3.8, 4) is 5.75 Å². The van der Waals surface area contributed by atoms with Gasteiger partial charge in [-0.05, 0) is 18.2 Å². The zero-order valence-electron chi connectivity index (χ0n) is 12.2. The molecule has 2 rings (SSSR count). The summed E-state index contributed by atoms with van der Waals surface area (Å²) in [4.78, 5) is 12.2. The van der Waals surface area contributed by atoms with Crippen molar-refractivity contribution in [1.29, 1.82) is 5.41 Å². The van der Waals surface area contributed by atoms with Gasteiger partial charge in [-0.3, -0.25) is 14.8 Å². The van der Waals surface area contributed by atoms with Crippen LogP contribution in [0.3, 0.4) is 0 Å².